The van der Waals surface area contributed by atoms with Crippen LogP contribution >= 0.6 is 15.9 Å². The van der Waals surface area contributed by atoms with Gasteiger partial charge < -0.3 is 5.73 Å². The van der Waals surface area contributed by atoms with Crippen molar-refractivity contribution in [2.75, 3.05) is 5.73 Å². The Bertz CT molecular complexity index is 286. The summed E-state index contributed by atoms with van der Waals surface area (Å²) in [5, 5.41) is 0. The van der Waals surface area contributed by atoms with Crippen molar-refractivity contribution in [1.29, 1.82) is 0 Å². The minimum Gasteiger partial charge on any atom is -0.398 e. The lowest BCUT2D eigenvalue weighted by Crippen LogP contribution is -2.09. The maximum absolute atomic E-state index is 5.83. The van der Waals surface area contributed by atoms with E-state index >= 15 is 0 Å². The Morgan fingerprint density at radius 2 is 2.21 bits per heavy atom. The van der Waals surface area contributed by atoms with E-state index in [1.807, 2.05) is 12.3 Å². The quantitative estimate of drug-likeness (QED) is 0.842. The van der Waals surface area contributed by atoms with Crippen LogP contribution in [0.1, 0.15) is 25.8 Å². The van der Waals surface area contributed by atoms with E-state index in [2.05, 4.69) is 34.8 Å². The Morgan fingerprint density at radius 1 is 1.50 bits per heavy atom. The number of hydrogen-bond donors (Lipinski definition) is 1. The zero-order valence-corrected chi connectivity index (χ0v) is 10.3. The molecule has 78 valence electrons. The Morgan fingerprint density at radius 3 is 2.79 bits per heavy atom. The molecule has 1 unspecified atom stereocenters. The van der Waals surface area contributed by atoms with Crippen LogP contribution in [0.5, 0.6) is 0 Å². The fourth-order valence-electron chi connectivity index (χ4n) is 1.27. The van der Waals surface area contributed by atoms with Crippen molar-refractivity contribution in [3.8, 4) is 0 Å². The molecule has 0 amide bonds. The van der Waals surface area contributed by atoms with Gasteiger partial charge in [-0.05, 0) is 30.4 Å². The number of hydrogen-bond acceptors (Lipinski definition) is 2. The molecule has 0 aromatic carbocycles. The molecule has 1 aromatic rings. The number of halogens is 1. The Balaban J connectivity index is 2.50. The topological polar surface area (TPSA) is 38.9 Å². The second-order valence-corrected chi connectivity index (χ2v) is 5.05. The lowest BCUT2D eigenvalue weighted by atomic mass is 10.0. The molecule has 1 aromatic heterocycles. The summed E-state index contributed by atoms with van der Waals surface area (Å²) in [6, 6.07) is 1.86. The molecule has 0 spiro atoms. The number of rotatable bonds is 4. The zero-order chi connectivity index (χ0) is 10.6. The van der Waals surface area contributed by atoms with Crippen LogP contribution in [0, 0.1) is 5.92 Å². The molecular weight excluding hydrogens is 240 g/mol. The van der Waals surface area contributed by atoms with Crippen molar-refractivity contribution in [1.82, 2.24) is 4.98 Å². The molecule has 0 aliphatic rings. The predicted octanol–water partition coefficient (Wildman–Crippen LogP) is 3.02. The van der Waals surface area contributed by atoms with Crippen LogP contribution < -0.4 is 5.73 Å². The van der Waals surface area contributed by atoms with Gasteiger partial charge in [0.25, 0.3) is 0 Å². The lowest BCUT2D eigenvalue weighted by molar-refractivity contribution is 0.582. The number of aromatic nitrogens is 1. The average molecular weight is 257 g/mol. The third-order valence-electron chi connectivity index (χ3n) is 2.35. The molecule has 0 bridgehead atoms. The summed E-state index contributed by atoms with van der Waals surface area (Å²) < 4.78 is 0. The fraction of sp³-hybridized carbons (Fsp3) is 0.545. The first-order chi connectivity index (χ1) is 6.61. The van der Waals surface area contributed by atoms with Gasteiger partial charge in [0.2, 0.25) is 0 Å². The number of nitrogens with zero attached hydrogens (tertiary/aromatic N) is 1. The first-order valence-electron chi connectivity index (χ1n) is 4.93. The Hall–Kier alpha value is -0.570. The summed E-state index contributed by atoms with van der Waals surface area (Å²) in [4.78, 5) is 4.63. The monoisotopic (exact) mass is 256 g/mol. The standard InChI is InChI=1S/C11H17BrN2/c1-8(2)10(12)4-3-9-7-14-6-5-11(9)13/h5-8,10H,3-4H2,1-2H3,(H2,13,14). The molecule has 2 nitrogen and oxygen atoms in total. The maximum Gasteiger partial charge on any atom is 0.0377 e. The number of nitrogen functional groups attached to an aromatic ring is 1. The summed E-state index contributed by atoms with van der Waals surface area (Å²) in [5.74, 6) is 0.660. The molecule has 0 aliphatic carbocycles. The molecule has 0 aliphatic heterocycles. The Kier molecular flexibility index (Phi) is 4.39. The van der Waals surface area contributed by atoms with E-state index in [4.69, 9.17) is 5.73 Å². The molecule has 1 rings (SSSR count). The zero-order valence-electron chi connectivity index (χ0n) is 8.70. The van der Waals surface area contributed by atoms with Crippen molar-refractivity contribution in [3.63, 3.8) is 0 Å². The summed E-state index contributed by atoms with van der Waals surface area (Å²) >= 11 is 3.66. The van der Waals surface area contributed by atoms with Crippen LogP contribution in [-0.4, -0.2) is 9.81 Å². The number of anilines is 1. The smallest absolute Gasteiger partial charge is 0.0377 e. The van der Waals surface area contributed by atoms with Gasteiger partial charge >= 0.3 is 0 Å². The van der Waals surface area contributed by atoms with Gasteiger partial charge in [-0.2, -0.15) is 0 Å². The highest BCUT2D eigenvalue weighted by atomic mass is 79.9. The van der Waals surface area contributed by atoms with Crippen LogP contribution in [-0.2, 0) is 6.42 Å². The van der Waals surface area contributed by atoms with Gasteiger partial charge in [0.15, 0.2) is 0 Å². The van der Waals surface area contributed by atoms with Gasteiger partial charge in [-0.3, -0.25) is 4.98 Å². The first kappa shape index (κ1) is 11.5. The molecule has 0 fully saturated rings. The first-order valence-corrected chi connectivity index (χ1v) is 5.85. The molecular formula is C11H17BrN2. The average Bonchev–Trinajstić information content (AvgIpc) is 2.16. The minimum absolute atomic E-state index is 0.558. The van der Waals surface area contributed by atoms with E-state index in [1.165, 1.54) is 0 Å². The van der Waals surface area contributed by atoms with Gasteiger partial charge in [0.1, 0.15) is 0 Å². The molecule has 0 saturated heterocycles. The van der Waals surface area contributed by atoms with Crippen molar-refractivity contribution in [2.45, 2.75) is 31.5 Å². The van der Waals surface area contributed by atoms with Gasteiger partial charge in [-0.1, -0.05) is 29.8 Å². The van der Waals surface area contributed by atoms with E-state index in [0.29, 0.717) is 10.7 Å². The van der Waals surface area contributed by atoms with E-state index < -0.39 is 0 Å². The summed E-state index contributed by atoms with van der Waals surface area (Å²) in [7, 11) is 0. The van der Waals surface area contributed by atoms with E-state index in [9.17, 15) is 0 Å². The molecule has 14 heavy (non-hydrogen) atoms. The fourth-order valence-corrected chi connectivity index (χ4v) is 1.50. The summed E-state index contributed by atoms with van der Waals surface area (Å²) in [6.45, 7) is 4.43. The largest absolute Gasteiger partial charge is 0.398 e. The second kappa shape index (κ2) is 5.35. The van der Waals surface area contributed by atoms with Gasteiger partial charge in [0, 0.05) is 22.9 Å². The summed E-state index contributed by atoms with van der Waals surface area (Å²) in [5.41, 5.74) is 7.83. The van der Waals surface area contributed by atoms with Gasteiger partial charge in [-0.25, -0.2) is 0 Å². The second-order valence-electron chi connectivity index (χ2n) is 3.87. The summed E-state index contributed by atoms with van der Waals surface area (Å²) in [6.07, 6.45) is 5.68. The van der Waals surface area contributed by atoms with Crippen molar-refractivity contribution in [2.24, 2.45) is 5.92 Å². The van der Waals surface area contributed by atoms with Crippen LogP contribution in [0.3, 0.4) is 0 Å². The lowest BCUT2D eigenvalue weighted by Gasteiger charge is -2.13. The molecule has 1 heterocycles. The number of nitrogens with two attached hydrogens (primary N) is 1. The van der Waals surface area contributed by atoms with Gasteiger partial charge in [0.05, 0.1) is 0 Å². The third-order valence-corrected chi connectivity index (χ3v) is 3.87. The highest BCUT2D eigenvalue weighted by molar-refractivity contribution is 9.09. The van der Waals surface area contributed by atoms with Gasteiger partial charge in [-0.15, -0.1) is 0 Å². The van der Waals surface area contributed by atoms with E-state index in [0.717, 1.165) is 24.1 Å². The van der Waals surface area contributed by atoms with Crippen molar-refractivity contribution < 1.29 is 0 Å². The SMILES string of the molecule is CC(C)C(Br)CCc1cnccc1N. The third kappa shape index (κ3) is 3.29. The highest BCUT2D eigenvalue weighted by Gasteiger charge is 2.09. The van der Waals surface area contributed by atoms with Crippen molar-refractivity contribution in [3.05, 3.63) is 24.0 Å². The van der Waals surface area contributed by atoms with E-state index in [-0.39, 0.29) is 0 Å². The normalized spacial score (nSPS) is 13.1. The molecule has 0 saturated carbocycles. The van der Waals surface area contributed by atoms with Crippen LogP contribution in [0.15, 0.2) is 18.5 Å². The predicted molar refractivity (Wildman–Crippen MR) is 64.5 cm³/mol. The molecule has 3 heteroatoms. The Labute approximate surface area is 94.0 Å². The van der Waals surface area contributed by atoms with E-state index in [1.54, 1.807) is 6.20 Å². The van der Waals surface area contributed by atoms with Crippen molar-refractivity contribution >= 4 is 21.6 Å². The molecule has 1 atom stereocenters. The highest BCUT2D eigenvalue weighted by Crippen LogP contribution is 2.20. The number of aryl methyl sites for hydroxylation is 1. The van der Waals surface area contributed by atoms with Crippen LogP contribution in [0.25, 0.3) is 0 Å². The van der Waals surface area contributed by atoms with Crippen LogP contribution in [0.4, 0.5) is 5.69 Å². The number of alkyl halides is 1. The molecule has 2 N–H and O–H groups in total. The number of pyridine rings is 1. The van der Waals surface area contributed by atoms with Crippen LogP contribution in [0.2, 0.25) is 0 Å². The maximum atomic E-state index is 5.83. The molecule has 0 radical (unpaired) electrons. The minimum atomic E-state index is 0.558.